The molecule has 2 rings (SSSR count). The van der Waals surface area contributed by atoms with Gasteiger partial charge < -0.3 is 15.0 Å². The first-order valence-corrected chi connectivity index (χ1v) is 8.04. The molecule has 0 aliphatic carbocycles. The third-order valence-corrected chi connectivity index (χ3v) is 4.17. The van der Waals surface area contributed by atoms with E-state index in [0.717, 1.165) is 22.5 Å². The van der Waals surface area contributed by atoms with Crippen molar-refractivity contribution < 1.29 is 14.3 Å². The van der Waals surface area contributed by atoms with Crippen LogP contribution in [0.15, 0.2) is 30.3 Å². The Morgan fingerprint density at radius 3 is 2.33 bits per heavy atom. The molecule has 5 nitrogen and oxygen atoms in total. The molecule has 24 heavy (non-hydrogen) atoms. The van der Waals surface area contributed by atoms with E-state index in [1.54, 1.807) is 0 Å². The number of carbonyl (C=O) groups excluding carboxylic acids is 2. The lowest BCUT2D eigenvalue weighted by Crippen LogP contribution is -2.14. The minimum Gasteiger partial charge on any atom is -0.469 e. The maximum atomic E-state index is 12.1. The molecule has 0 aliphatic heterocycles. The van der Waals surface area contributed by atoms with Crippen molar-refractivity contribution in [3.63, 3.8) is 0 Å². The Hall–Kier alpha value is -2.56. The number of aromatic nitrogens is 1. The fraction of sp³-hybridized carbons (Fsp3) is 0.368. The quantitative estimate of drug-likeness (QED) is 0.827. The lowest BCUT2D eigenvalue weighted by molar-refractivity contribution is -0.140. The Bertz CT molecular complexity index is 746. The zero-order valence-corrected chi connectivity index (χ0v) is 14.6. The number of methoxy groups -OCH3 is 1. The van der Waals surface area contributed by atoms with Gasteiger partial charge in [-0.1, -0.05) is 30.3 Å². The molecule has 0 bridgehead atoms. The number of primary amides is 1. The minimum atomic E-state index is -0.454. The van der Waals surface area contributed by atoms with Crippen LogP contribution in [0.5, 0.6) is 0 Å². The van der Waals surface area contributed by atoms with Gasteiger partial charge in [-0.3, -0.25) is 9.59 Å². The van der Waals surface area contributed by atoms with Gasteiger partial charge in [-0.2, -0.15) is 0 Å². The van der Waals surface area contributed by atoms with E-state index in [4.69, 9.17) is 10.5 Å². The largest absolute Gasteiger partial charge is 0.469 e. The number of nitrogens with zero attached hydrogens (tertiary/aromatic N) is 1. The second-order valence-electron chi connectivity index (χ2n) is 6.05. The minimum absolute atomic E-state index is 0.146. The molecule has 1 amide bonds. The summed E-state index contributed by atoms with van der Waals surface area (Å²) in [6.45, 7) is 6.00. The molecule has 0 atom stereocenters. The molecule has 0 saturated heterocycles. The molecule has 2 aromatic rings. The third-order valence-electron chi connectivity index (χ3n) is 4.17. The molecule has 0 spiro atoms. The van der Waals surface area contributed by atoms with Crippen molar-refractivity contribution in [3.05, 3.63) is 47.3 Å². The molecule has 1 aromatic heterocycles. The lowest BCUT2D eigenvalue weighted by Gasteiger charge is -2.16. The maximum absolute atomic E-state index is 12.1. The smallest absolute Gasteiger partial charge is 0.305 e. The molecule has 1 aromatic carbocycles. The maximum Gasteiger partial charge on any atom is 0.305 e. The summed E-state index contributed by atoms with van der Waals surface area (Å²) >= 11 is 0. The van der Waals surface area contributed by atoms with Gasteiger partial charge in [-0.15, -0.1) is 0 Å². The van der Waals surface area contributed by atoms with Gasteiger partial charge in [0, 0.05) is 23.0 Å². The zero-order valence-electron chi connectivity index (χ0n) is 14.6. The summed E-state index contributed by atoms with van der Waals surface area (Å²) in [5.74, 6) is -0.728. The van der Waals surface area contributed by atoms with Crippen LogP contribution >= 0.6 is 0 Å². The summed E-state index contributed by atoms with van der Waals surface area (Å²) in [4.78, 5) is 23.7. The van der Waals surface area contributed by atoms with Crippen molar-refractivity contribution in [3.8, 4) is 11.1 Å². The normalized spacial score (nSPS) is 10.9. The molecular weight excluding hydrogens is 304 g/mol. The van der Waals surface area contributed by atoms with Crippen molar-refractivity contribution in [2.24, 2.45) is 5.73 Å². The average molecular weight is 328 g/mol. The second-order valence-corrected chi connectivity index (χ2v) is 6.05. The Morgan fingerprint density at radius 2 is 1.83 bits per heavy atom. The number of nitrogens with two attached hydrogens (primary N) is 1. The van der Waals surface area contributed by atoms with Gasteiger partial charge in [-0.05, 0) is 32.8 Å². The molecule has 128 valence electrons. The van der Waals surface area contributed by atoms with Crippen LogP contribution in [0.4, 0.5) is 0 Å². The fourth-order valence-corrected chi connectivity index (χ4v) is 3.25. The van der Waals surface area contributed by atoms with Gasteiger partial charge in [0.05, 0.1) is 19.1 Å². The molecule has 1 heterocycles. The standard InChI is InChI=1S/C19H24N2O3/c1-12(2)21-13(3)17(19(20)23)18(14-8-6-5-7-9-14)15(21)10-11-16(22)24-4/h5-9,12H,10-11H2,1-4H3,(H2,20,23). The van der Waals surface area contributed by atoms with Crippen LogP contribution in [0.25, 0.3) is 11.1 Å². The Kier molecular flexibility index (Phi) is 5.44. The highest BCUT2D eigenvalue weighted by Gasteiger charge is 2.26. The number of ether oxygens (including phenoxy) is 1. The Balaban J connectivity index is 2.70. The lowest BCUT2D eigenvalue weighted by atomic mass is 9.98. The summed E-state index contributed by atoms with van der Waals surface area (Å²) in [6.07, 6.45) is 0.744. The number of benzene rings is 1. The van der Waals surface area contributed by atoms with E-state index in [1.165, 1.54) is 7.11 Å². The highest BCUT2D eigenvalue weighted by atomic mass is 16.5. The van der Waals surface area contributed by atoms with Gasteiger partial charge in [0.25, 0.3) is 5.91 Å². The third kappa shape index (κ3) is 3.35. The first-order chi connectivity index (χ1) is 11.4. The molecule has 0 saturated carbocycles. The number of hydrogen-bond donors (Lipinski definition) is 1. The molecule has 0 fully saturated rings. The summed E-state index contributed by atoms with van der Waals surface area (Å²) in [6, 6.07) is 9.82. The van der Waals surface area contributed by atoms with Gasteiger partial charge in [0.15, 0.2) is 0 Å². The van der Waals surface area contributed by atoms with Crippen LogP contribution in [-0.2, 0) is 16.0 Å². The summed E-state index contributed by atoms with van der Waals surface area (Å²) < 4.78 is 6.85. The molecular formula is C19H24N2O3. The first-order valence-electron chi connectivity index (χ1n) is 8.04. The van der Waals surface area contributed by atoms with E-state index < -0.39 is 5.91 Å². The monoisotopic (exact) mass is 328 g/mol. The highest BCUT2D eigenvalue weighted by Crippen LogP contribution is 2.35. The van der Waals surface area contributed by atoms with Crippen LogP contribution in [0.1, 0.15) is 48.1 Å². The van der Waals surface area contributed by atoms with E-state index in [2.05, 4.69) is 4.57 Å². The fourth-order valence-electron chi connectivity index (χ4n) is 3.25. The van der Waals surface area contributed by atoms with Crippen molar-refractivity contribution in [2.45, 2.75) is 39.7 Å². The predicted octanol–water partition coefficient (Wildman–Crippen LogP) is 3.25. The topological polar surface area (TPSA) is 74.3 Å². The SMILES string of the molecule is COC(=O)CCc1c(-c2ccccc2)c(C(N)=O)c(C)n1C(C)C. The van der Waals surface area contributed by atoms with Crippen molar-refractivity contribution in [2.75, 3.05) is 7.11 Å². The predicted molar refractivity (Wildman–Crippen MR) is 93.8 cm³/mol. The molecule has 0 unspecified atom stereocenters. The number of hydrogen-bond acceptors (Lipinski definition) is 3. The van der Waals surface area contributed by atoms with E-state index in [9.17, 15) is 9.59 Å². The zero-order chi connectivity index (χ0) is 17.9. The number of carbonyl (C=O) groups is 2. The molecule has 2 N–H and O–H groups in total. The van der Waals surface area contributed by atoms with Gasteiger partial charge >= 0.3 is 5.97 Å². The van der Waals surface area contributed by atoms with Gasteiger partial charge in [0.2, 0.25) is 0 Å². The molecule has 0 aliphatic rings. The number of rotatable bonds is 6. The van der Waals surface area contributed by atoms with Gasteiger partial charge in [0.1, 0.15) is 0 Å². The van der Waals surface area contributed by atoms with Crippen LogP contribution < -0.4 is 5.73 Å². The van der Waals surface area contributed by atoms with E-state index in [1.807, 2.05) is 51.1 Å². The molecule has 0 radical (unpaired) electrons. The van der Waals surface area contributed by atoms with Crippen molar-refractivity contribution in [1.29, 1.82) is 0 Å². The molecule has 5 heteroatoms. The number of amides is 1. The van der Waals surface area contributed by atoms with Crippen molar-refractivity contribution in [1.82, 2.24) is 4.57 Å². The van der Waals surface area contributed by atoms with E-state index in [0.29, 0.717) is 12.0 Å². The van der Waals surface area contributed by atoms with Gasteiger partial charge in [-0.25, -0.2) is 0 Å². The summed E-state index contributed by atoms with van der Waals surface area (Å²) in [5.41, 5.74) is 9.71. The summed E-state index contributed by atoms with van der Waals surface area (Å²) in [7, 11) is 1.38. The average Bonchev–Trinajstić information content (AvgIpc) is 2.85. The van der Waals surface area contributed by atoms with Crippen molar-refractivity contribution >= 4 is 11.9 Å². The highest BCUT2D eigenvalue weighted by molar-refractivity contribution is 6.02. The van der Waals surface area contributed by atoms with E-state index in [-0.39, 0.29) is 18.4 Å². The van der Waals surface area contributed by atoms with E-state index >= 15 is 0 Å². The Labute approximate surface area is 142 Å². The van der Waals surface area contributed by atoms with Crippen LogP contribution in [0, 0.1) is 6.92 Å². The van der Waals surface area contributed by atoms with Crippen LogP contribution in [0.2, 0.25) is 0 Å². The Morgan fingerprint density at radius 1 is 1.21 bits per heavy atom. The van der Waals surface area contributed by atoms with Crippen LogP contribution in [0.3, 0.4) is 0 Å². The second kappa shape index (κ2) is 7.34. The number of esters is 1. The summed E-state index contributed by atoms with van der Waals surface area (Å²) in [5, 5.41) is 0. The first kappa shape index (κ1) is 17.8. The van der Waals surface area contributed by atoms with Crippen LogP contribution in [-0.4, -0.2) is 23.6 Å².